The SMILES string of the molecule is C/C=N/C(=C\C=C\c1cc(COc2cc3c(cn2)CC(C)C3)c(F)cc1C(F)(F)F)OCCC(C)(O)CO. The van der Waals surface area contributed by atoms with Gasteiger partial charge in [-0.15, -0.1) is 0 Å². The normalized spacial score (nSPS) is 17.7. The molecule has 1 heterocycles. The number of ether oxygens (including phenoxy) is 2. The van der Waals surface area contributed by atoms with Crippen molar-refractivity contribution in [3.05, 3.63) is 76.1 Å². The number of fused-ring (bicyclic) bond motifs is 1. The predicted molar refractivity (Wildman–Crippen MR) is 136 cm³/mol. The minimum absolute atomic E-state index is 0.0199. The zero-order valence-corrected chi connectivity index (χ0v) is 21.6. The van der Waals surface area contributed by atoms with Crippen molar-refractivity contribution in [3.63, 3.8) is 0 Å². The number of nitrogens with zero attached hydrogens (tertiary/aromatic N) is 2. The molecular weight excluding hydrogens is 504 g/mol. The molecule has 1 aromatic carbocycles. The maximum absolute atomic E-state index is 14.6. The summed E-state index contributed by atoms with van der Waals surface area (Å²) in [6, 6.07) is 3.35. The van der Waals surface area contributed by atoms with Gasteiger partial charge in [-0.1, -0.05) is 19.1 Å². The van der Waals surface area contributed by atoms with E-state index in [0.29, 0.717) is 12.0 Å². The lowest BCUT2D eigenvalue weighted by Gasteiger charge is -2.19. The van der Waals surface area contributed by atoms with Crippen molar-refractivity contribution in [1.82, 2.24) is 4.98 Å². The Morgan fingerprint density at radius 1 is 1.21 bits per heavy atom. The Kier molecular flexibility index (Phi) is 9.67. The van der Waals surface area contributed by atoms with Gasteiger partial charge in [0.2, 0.25) is 11.8 Å². The number of aliphatic imine (C=N–C) groups is 1. The van der Waals surface area contributed by atoms with Gasteiger partial charge >= 0.3 is 6.18 Å². The monoisotopic (exact) mass is 536 g/mol. The van der Waals surface area contributed by atoms with Crippen molar-refractivity contribution < 1.29 is 37.2 Å². The number of pyridine rings is 1. The number of rotatable bonds is 11. The van der Waals surface area contributed by atoms with Crippen LogP contribution >= 0.6 is 0 Å². The fourth-order valence-corrected chi connectivity index (χ4v) is 4.01. The van der Waals surface area contributed by atoms with Crippen LogP contribution in [0.5, 0.6) is 5.88 Å². The smallest absolute Gasteiger partial charge is 0.417 e. The Bertz CT molecular complexity index is 1210. The molecule has 1 aromatic heterocycles. The molecule has 206 valence electrons. The molecule has 6 nitrogen and oxygen atoms in total. The van der Waals surface area contributed by atoms with Gasteiger partial charge < -0.3 is 19.7 Å². The molecule has 2 atom stereocenters. The second-order valence-corrected chi connectivity index (χ2v) is 9.63. The third-order valence-corrected chi connectivity index (χ3v) is 6.10. The summed E-state index contributed by atoms with van der Waals surface area (Å²) >= 11 is 0. The summed E-state index contributed by atoms with van der Waals surface area (Å²) in [4.78, 5) is 8.24. The van der Waals surface area contributed by atoms with Crippen molar-refractivity contribution >= 4 is 12.3 Å². The molecule has 0 spiro atoms. The minimum Gasteiger partial charge on any atom is -0.478 e. The topological polar surface area (TPSA) is 84.2 Å². The molecule has 2 aromatic rings. The number of hydrogen-bond acceptors (Lipinski definition) is 6. The van der Waals surface area contributed by atoms with E-state index in [2.05, 4.69) is 16.9 Å². The quantitative estimate of drug-likeness (QED) is 0.168. The lowest BCUT2D eigenvalue weighted by Crippen LogP contribution is -2.30. The number of alkyl halides is 3. The third kappa shape index (κ3) is 8.13. The van der Waals surface area contributed by atoms with Crippen LogP contribution in [0, 0.1) is 11.7 Å². The molecule has 1 aliphatic rings. The van der Waals surface area contributed by atoms with Crippen LogP contribution in [0.25, 0.3) is 6.08 Å². The van der Waals surface area contributed by atoms with Gasteiger partial charge in [0, 0.05) is 36.5 Å². The summed E-state index contributed by atoms with van der Waals surface area (Å²) in [5.41, 5.74) is -0.523. The van der Waals surface area contributed by atoms with Gasteiger partial charge in [0.25, 0.3) is 0 Å². The summed E-state index contributed by atoms with van der Waals surface area (Å²) in [5, 5.41) is 19.0. The third-order valence-electron chi connectivity index (χ3n) is 6.10. The van der Waals surface area contributed by atoms with Crippen LogP contribution in [0.4, 0.5) is 17.6 Å². The van der Waals surface area contributed by atoms with E-state index in [1.807, 2.05) is 0 Å². The molecule has 0 radical (unpaired) electrons. The highest BCUT2D eigenvalue weighted by Gasteiger charge is 2.34. The molecule has 0 bridgehead atoms. The first kappa shape index (κ1) is 29.3. The van der Waals surface area contributed by atoms with Crippen molar-refractivity contribution in [2.24, 2.45) is 10.9 Å². The van der Waals surface area contributed by atoms with E-state index >= 15 is 0 Å². The fraction of sp³-hybridized carbons (Fsp3) is 0.429. The van der Waals surface area contributed by atoms with Crippen LogP contribution in [-0.4, -0.2) is 40.2 Å². The number of aromatic nitrogens is 1. The Morgan fingerprint density at radius 2 is 1.95 bits per heavy atom. The van der Waals surface area contributed by atoms with E-state index in [-0.39, 0.29) is 42.5 Å². The molecule has 3 rings (SSSR count). The van der Waals surface area contributed by atoms with Crippen molar-refractivity contribution in [2.75, 3.05) is 13.2 Å². The van der Waals surface area contributed by atoms with Crippen LogP contribution < -0.4 is 4.74 Å². The van der Waals surface area contributed by atoms with Gasteiger partial charge in [0.1, 0.15) is 12.4 Å². The number of benzene rings is 1. The van der Waals surface area contributed by atoms with Crippen LogP contribution in [0.2, 0.25) is 0 Å². The van der Waals surface area contributed by atoms with E-state index in [1.165, 1.54) is 31.4 Å². The zero-order valence-electron chi connectivity index (χ0n) is 21.6. The first-order valence-electron chi connectivity index (χ1n) is 12.2. The van der Waals surface area contributed by atoms with Crippen LogP contribution in [0.3, 0.4) is 0 Å². The van der Waals surface area contributed by atoms with Crippen LogP contribution in [-0.2, 0) is 30.4 Å². The van der Waals surface area contributed by atoms with Gasteiger partial charge in [-0.05, 0) is 61.4 Å². The number of aliphatic hydroxyl groups excluding tert-OH is 1. The summed E-state index contributed by atoms with van der Waals surface area (Å²) in [7, 11) is 0. The first-order valence-corrected chi connectivity index (χ1v) is 12.2. The molecule has 0 saturated carbocycles. The molecular formula is C28H32F4N2O4. The van der Waals surface area contributed by atoms with E-state index < -0.39 is 29.8 Å². The minimum atomic E-state index is -4.78. The Balaban J connectivity index is 1.79. The van der Waals surface area contributed by atoms with Crippen molar-refractivity contribution in [1.29, 1.82) is 0 Å². The number of hydrogen-bond donors (Lipinski definition) is 2. The van der Waals surface area contributed by atoms with Gasteiger partial charge in [-0.2, -0.15) is 13.2 Å². The van der Waals surface area contributed by atoms with E-state index in [1.54, 1.807) is 19.2 Å². The standard InChI is InChI=1S/C28H32F4N2O4/c1-4-33-25(37-9-8-27(3,36)17-35)7-5-6-19-12-22(24(29)14-23(19)28(30,31)32)16-38-26-13-20-10-18(2)11-21(20)15-34-26/h4-7,12-15,18,35-36H,8-11,16-17H2,1-3H3/b6-5+,25-7+,33-4+. The van der Waals surface area contributed by atoms with Gasteiger partial charge in [0.15, 0.2) is 0 Å². The number of aliphatic hydroxyl groups is 2. The highest BCUT2D eigenvalue weighted by molar-refractivity contribution is 5.58. The van der Waals surface area contributed by atoms with Crippen LogP contribution in [0.15, 0.2) is 47.4 Å². The lowest BCUT2D eigenvalue weighted by molar-refractivity contribution is -0.137. The lowest BCUT2D eigenvalue weighted by atomic mass is 10.0. The highest BCUT2D eigenvalue weighted by atomic mass is 19.4. The second kappa shape index (κ2) is 12.5. The Hall–Kier alpha value is -3.24. The van der Waals surface area contributed by atoms with Gasteiger partial charge in [0.05, 0.1) is 24.4 Å². The van der Waals surface area contributed by atoms with Crippen molar-refractivity contribution in [2.45, 2.75) is 58.4 Å². The molecule has 2 N–H and O–H groups in total. The Morgan fingerprint density at radius 3 is 2.63 bits per heavy atom. The molecule has 0 aliphatic heterocycles. The Labute approximate surface area is 219 Å². The highest BCUT2D eigenvalue weighted by Crippen LogP contribution is 2.35. The summed E-state index contributed by atoms with van der Waals surface area (Å²) < 4.78 is 66.6. The summed E-state index contributed by atoms with van der Waals surface area (Å²) in [5.74, 6) is -0.150. The van der Waals surface area contributed by atoms with E-state index in [4.69, 9.17) is 14.6 Å². The molecule has 0 fully saturated rings. The largest absolute Gasteiger partial charge is 0.478 e. The summed E-state index contributed by atoms with van der Waals surface area (Å²) in [6.45, 7) is 4.49. The summed E-state index contributed by atoms with van der Waals surface area (Å²) in [6.07, 6.45) is 4.15. The molecule has 1 aliphatic carbocycles. The van der Waals surface area contributed by atoms with Crippen LogP contribution in [0.1, 0.15) is 55.0 Å². The van der Waals surface area contributed by atoms with E-state index in [0.717, 1.165) is 30.0 Å². The van der Waals surface area contributed by atoms with Crippen molar-refractivity contribution in [3.8, 4) is 5.88 Å². The molecule has 0 amide bonds. The van der Waals surface area contributed by atoms with Gasteiger partial charge in [-0.25, -0.2) is 14.4 Å². The van der Waals surface area contributed by atoms with Gasteiger partial charge in [-0.3, -0.25) is 0 Å². The molecule has 2 unspecified atom stereocenters. The predicted octanol–water partition coefficient (Wildman–Crippen LogP) is 5.65. The average molecular weight is 537 g/mol. The zero-order chi connectivity index (χ0) is 27.9. The fourth-order valence-electron chi connectivity index (χ4n) is 4.01. The maximum Gasteiger partial charge on any atom is 0.417 e. The molecule has 10 heteroatoms. The number of halogens is 4. The van der Waals surface area contributed by atoms with E-state index in [9.17, 15) is 22.7 Å². The average Bonchev–Trinajstić information content (AvgIpc) is 3.22. The molecule has 38 heavy (non-hydrogen) atoms. The number of allylic oxidation sites excluding steroid dienone is 2. The molecule has 0 saturated heterocycles. The second-order valence-electron chi connectivity index (χ2n) is 9.63. The first-order chi connectivity index (χ1) is 17.9. The maximum atomic E-state index is 14.6.